The van der Waals surface area contributed by atoms with E-state index in [9.17, 15) is 4.79 Å². The molecule has 0 spiro atoms. The molecule has 0 atom stereocenters. The van der Waals surface area contributed by atoms with Crippen LogP contribution in [0.5, 0.6) is 0 Å². The average molecular weight is 443 g/mol. The summed E-state index contributed by atoms with van der Waals surface area (Å²) in [6.45, 7) is 7.80. The van der Waals surface area contributed by atoms with E-state index in [2.05, 4.69) is 54.4 Å². The van der Waals surface area contributed by atoms with Gasteiger partial charge in [-0.2, -0.15) is 0 Å². The summed E-state index contributed by atoms with van der Waals surface area (Å²) in [4.78, 5) is 21.0. The second-order valence-corrected chi connectivity index (χ2v) is 8.67. The van der Waals surface area contributed by atoms with Gasteiger partial charge in [0.2, 0.25) is 0 Å². The topological polar surface area (TPSA) is 60.4 Å². The molecule has 3 rings (SSSR count). The number of carbonyl (C=O) groups is 1. The zero-order valence-corrected chi connectivity index (χ0v) is 19.4. The predicted octanol–water partition coefficient (Wildman–Crippen LogP) is 4.23. The number of ether oxygens (including phenoxy) is 2. The van der Waals surface area contributed by atoms with Crippen molar-refractivity contribution in [2.45, 2.75) is 30.9 Å². The Hall–Kier alpha value is -2.35. The molecule has 1 aliphatic rings. The summed E-state index contributed by atoms with van der Waals surface area (Å²) in [5.41, 5.74) is 3.04. The molecule has 0 radical (unpaired) electrons. The van der Waals surface area contributed by atoms with Crippen molar-refractivity contribution in [3.63, 3.8) is 0 Å². The number of nitrogens with zero attached hydrogens (tertiary/aromatic N) is 2. The number of methoxy groups -OCH3 is 1. The van der Waals surface area contributed by atoms with E-state index >= 15 is 0 Å². The van der Waals surface area contributed by atoms with Crippen molar-refractivity contribution in [1.82, 2.24) is 4.90 Å². The minimum Gasteiger partial charge on any atom is -0.465 e. The highest BCUT2D eigenvalue weighted by Crippen LogP contribution is 2.25. The van der Waals surface area contributed by atoms with Crippen LogP contribution in [0.25, 0.3) is 0 Å². The lowest BCUT2D eigenvalue weighted by Crippen LogP contribution is -2.54. The van der Waals surface area contributed by atoms with Gasteiger partial charge in [0.05, 0.1) is 31.4 Å². The van der Waals surface area contributed by atoms with Crippen LogP contribution in [0.15, 0.2) is 58.6 Å². The molecule has 0 unspecified atom stereocenters. The normalized spacial score (nSPS) is 15.5. The van der Waals surface area contributed by atoms with Gasteiger partial charge < -0.3 is 14.3 Å². The van der Waals surface area contributed by atoms with Crippen LogP contribution in [0, 0.1) is 0 Å². The molecule has 7 heteroatoms. The quantitative estimate of drug-likeness (QED) is 0.264. The van der Waals surface area contributed by atoms with Gasteiger partial charge in [-0.05, 0) is 49.9 Å². The van der Waals surface area contributed by atoms with Gasteiger partial charge in [-0.25, -0.2) is 4.79 Å². The maximum atomic E-state index is 11.6. The molecule has 31 heavy (non-hydrogen) atoms. The first-order valence-electron chi connectivity index (χ1n) is 10.3. The second-order valence-electron chi connectivity index (χ2n) is 7.79. The number of hydrogen-bond donors (Lipinski definition) is 0. The van der Waals surface area contributed by atoms with Crippen molar-refractivity contribution in [1.29, 1.82) is 0 Å². The van der Waals surface area contributed by atoms with Crippen LogP contribution in [0.3, 0.4) is 0 Å². The van der Waals surface area contributed by atoms with Crippen LogP contribution in [-0.2, 0) is 20.9 Å². The summed E-state index contributed by atoms with van der Waals surface area (Å²) in [6.07, 6.45) is 2.07. The van der Waals surface area contributed by atoms with Crippen molar-refractivity contribution in [2.75, 3.05) is 39.7 Å². The van der Waals surface area contributed by atoms with E-state index in [0.717, 1.165) is 43.1 Å². The number of morpholine rings is 1. The molecule has 1 heterocycles. The Morgan fingerprint density at radius 3 is 2.26 bits per heavy atom. The predicted molar refractivity (Wildman–Crippen MR) is 124 cm³/mol. The number of carbonyl (C=O) groups excluding carboxylic acids is 1. The third kappa shape index (κ3) is 5.87. The summed E-state index contributed by atoms with van der Waals surface area (Å²) in [5.74, 6) is -0.353. The molecular formula is C24H30N2O4S. The van der Waals surface area contributed by atoms with Crippen LogP contribution in [0.2, 0.25) is 0 Å². The van der Waals surface area contributed by atoms with Gasteiger partial charge in [0.15, 0.2) is 0 Å². The van der Waals surface area contributed by atoms with Gasteiger partial charge in [0.25, 0.3) is 0 Å². The third-order valence-electron chi connectivity index (χ3n) is 5.51. The number of thioether (sulfide) groups is 1. The Kier molecular flexibility index (Phi) is 8.12. The van der Waals surface area contributed by atoms with Crippen LogP contribution >= 0.6 is 11.8 Å². The van der Waals surface area contributed by atoms with Gasteiger partial charge in [0, 0.05) is 23.5 Å². The smallest absolute Gasteiger partial charge is 0.337 e. The molecule has 0 N–H and O–H groups in total. The van der Waals surface area contributed by atoms with Crippen LogP contribution in [-0.4, -0.2) is 61.8 Å². The fourth-order valence-electron chi connectivity index (χ4n) is 3.56. The van der Waals surface area contributed by atoms with E-state index < -0.39 is 0 Å². The maximum Gasteiger partial charge on any atom is 0.337 e. The standard InChI is InChI=1S/C24H30N2O4S/c1-24(2,26-13-15-29-16-14-26)22(19-9-11-21(31-4)12-10-19)25-30-17-18-5-7-20(8-6-18)23(27)28-3/h5-12H,13-17H2,1-4H3/b25-22-. The molecule has 0 bridgehead atoms. The van der Waals surface area contributed by atoms with Gasteiger partial charge in [-0.1, -0.05) is 29.4 Å². The van der Waals surface area contributed by atoms with Crippen LogP contribution in [0.4, 0.5) is 0 Å². The van der Waals surface area contributed by atoms with Crippen molar-refractivity contribution in [2.24, 2.45) is 5.16 Å². The Morgan fingerprint density at radius 2 is 1.68 bits per heavy atom. The van der Waals surface area contributed by atoms with E-state index in [-0.39, 0.29) is 11.5 Å². The van der Waals surface area contributed by atoms with Crippen molar-refractivity contribution in [3.05, 3.63) is 65.2 Å². The number of esters is 1. The van der Waals surface area contributed by atoms with Crippen molar-refractivity contribution in [3.8, 4) is 0 Å². The van der Waals surface area contributed by atoms with E-state index in [1.165, 1.54) is 12.0 Å². The molecule has 166 valence electrons. The summed E-state index contributed by atoms with van der Waals surface area (Å²) in [7, 11) is 1.37. The number of benzene rings is 2. The van der Waals surface area contributed by atoms with E-state index in [1.807, 2.05) is 12.1 Å². The molecule has 0 aromatic heterocycles. The van der Waals surface area contributed by atoms with E-state index in [0.29, 0.717) is 12.2 Å². The Morgan fingerprint density at radius 1 is 1.06 bits per heavy atom. The van der Waals surface area contributed by atoms with Gasteiger partial charge in [-0.15, -0.1) is 11.8 Å². The fraction of sp³-hybridized carbons (Fsp3) is 0.417. The summed E-state index contributed by atoms with van der Waals surface area (Å²) >= 11 is 1.71. The van der Waals surface area contributed by atoms with Gasteiger partial charge in [0.1, 0.15) is 12.3 Å². The first kappa shape index (κ1) is 23.3. The highest BCUT2D eigenvalue weighted by Gasteiger charge is 2.35. The molecule has 1 fully saturated rings. The minimum atomic E-state index is -0.353. The van der Waals surface area contributed by atoms with Crippen LogP contribution in [0.1, 0.15) is 35.3 Å². The molecule has 0 saturated carbocycles. The monoisotopic (exact) mass is 442 g/mol. The first-order chi connectivity index (χ1) is 15.0. The molecule has 6 nitrogen and oxygen atoms in total. The Balaban J connectivity index is 1.81. The number of hydrogen-bond acceptors (Lipinski definition) is 7. The summed E-state index contributed by atoms with van der Waals surface area (Å²) < 4.78 is 10.3. The molecule has 0 amide bonds. The molecule has 2 aromatic carbocycles. The van der Waals surface area contributed by atoms with Crippen LogP contribution < -0.4 is 0 Å². The highest BCUT2D eigenvalue weighted by molar-refractivity contribution is 7.98. The lowest BCUT2D eigenvalue weighted by atomic mass is 9.90. The van der Waals surface area contributed by atoms with E-state index in [1.54, 1.807) is 23.9 Å². The fourth-order valence-corrected chi connectivity index (χ4v) is 3.97. The zero-order chi connectivity index (χ0) is 22.3. The van der Waals surface area contributed by atoms with E-state index in [4.69, 9.17) is 14.3 Å². The zero-order valence-electron chi connectivity index (χ0n) is 18.6. The number of oxime groups is 1. The SMILES string of the molecule is COC(=O)c1ccc(CO/N=C(/c2ccc(SC)cc2)C(C)(C)N2CCOCC2)cc1. The summed E-state index contributed by atoms with van der Waals surface area (Å²) in [5, 5.41) is 4.60. The lowest BCUT2D eigenvalue weighted by molar-refractivity contribution is 0.00862. The molecule has 0 aliphatic carbocycles. The minimum absolute atomic E-state index is 0.313. The first-order valence-corrected chi connectivity index (χ1v) is 11.5. The molecule has 2 aromatic rings. The third-order valence-corrected chi connectivity index (χ3v) is 6.25. The van der Waals surface area contributed by atoms with Crippen molar-refractivity contribution >= 4 is 23.4 Å². The average Bonchev–Trinajstić information content (AvgIpc) is 2.82. The lowest BCUT2D eigenvalue weighted by Gasteiger charge is -2.41. The largest absolute Gasteiger partial charge is 0.465 e. The number of rotatable bonds is 8. The Bertz CT molecular complexity index is 889. The second kappa shape index (κ2) is 10.8. The maximum absolute atomic E-state index is 11.6. The van der Waals surface area contributed by atoms with Gasteiger partial charge >= 0.3 is 5.97 Å². The molecule has 1 saturated heterocycles. The molecular weight excluding hydrogens is 412 g/mol. The van der Waals surface area contributed by atoms with Crippen molar-refractivity contribution < 1.29 is 19.1 Å². The highest BCUT2D eigenvalue weighted by atomic mass is 32.2. The molecule has 1 aliphatic heterocycles. The summed E-state index contributed by atoms with van der Waals surface area (Å²) in [6, 6.07) is 15.6. The Labute approximate surface area is 188 Å². The van der Waals surface area contributed by atoms with Gasteiger partial charge in [-0.3, -0.25) is 4.90 Å².